The van der Waals surface area contributed by atoms with Gasteiger partial charge in [-0.05, 0) is 44.6 Å². The van der Waals surface area contributed by atoms with Gasteiger partial charge in [0.05, 0.1) is 6.04 Å². The summed E-state index contributed by atoms with van der Waals surface area (Å²) in [5.74, 6) is -3.18. The summed E-state index contributed by atoms with van der Waals surface area (Å²) in [6.07, 6.45) is 1.64. The number of hydrogen-bond donors (Lipinski definition) is 6. The lowest BCUT2D eigenvalue weighted by atomic mass is 10.0. The summed E-state index contributed by atoms with van der Waals surface area (Å²) in [6, 6.07) is -3.67. The van der Waals surface area contributed by atoms with E-state index in [0.29, 0.717) is 25.8 Å². The van der Waals surface area contributed by atoms with Crippen LogP contribution in [0.25, 0.3) is 0 Å². The average Bonchev–Trinajstić information content (AvgIpc) is 2.63. The third-order valence-corrected chi connectivity index (χ3v) is 4.58. The molecule has 8 N–H and O–H groups in total. The molecule has 3 amide bonds. The molecule has 0 aliphatic carbocycles. The van der Waals surface area contributed by atoms with Crippen molar-refractivity contribution in [3.8, 4) is 0 Å². The second-order valence-electron chi connectivity index (χ2n) is 7.91. The van der Waals surface area contributed by atoms with Crippen molar-refractivity contribution in [1.82, 2.24) is 16.0 Å². The van der Waals surface area contributed by atoms with Crippen molar-refractivity contribution in [3.05, 3.63) is 0 Å². The molecule has 4 atom stereocenters. The third kappa shape index (κ3) is 9.71. The number of carboxylic acids is 1. The zero-order valence-electron chi connectivity index (χ0n) is 18.0. The van der Waals surface area contributed by atoms with E-state index in [4.69, 9.17) is 11.5 Å². The molecule has 0 fully saturated rings. The molecular formula is C19H37N5O5. The molecule has 0 aromatic heterocycles. The van der Waals surface area contributed by atoms with Crippen LogP contribution in [0.15, 0.2) is 0 Å². The average molecular weight is 416 g/mol. The van der Waals surface area contributed by atoms with Crippen LogP contribution < -0.4 is 27.4 Å². The minimum Gasteiger partial charge on any atom is -0.480 e. The number of amides is 3. The number of rotatable bonds is 13. The Bertz CT molecular complexity index is 567. The van der Waals surface area contributed by atoms with Crippen LogP contribution in [-0.4, -0.2) is 59.5 Å². The Kier molecular flexibility index (Phi) is 12.1. The lowest BCUT2D eigenvalue weighted by Crippen LogP contribution is -2.57. The number of nitrogens with two attached hydrogens (primary N) is 2. The van der Waals surface area contributed by atoms with Gasteiger partial charge in [-0.25, -0.2) is 4.79 Å². The maximum atomic E-state index is 12.6. The molecule has 0 spiro atoms. The largest absolute Gasteiger partial charge is 0.480 e. The minimum atomic E-state index is -1.15. The Morgan fingerprint density at radius 3 is 1.86 bits per heavy atom. The summed E-state index contributed by atoms with van der Waals surface area (Å²) in [5, 5.41) is 16.8. The first-order valence-electron chi connectivity index (χ1n) is 10.0. The van der Waals surface area contributed by atoms with E-state index in [1.807, 2.05) is 0 Å². The van der Waals surface area contributed by atoms with E-state index in [2.05, 4.69) is 16.0 Å². The molecular weight excluding hydrogens is 378 g/mol. The van der Waals surface area contributed by atoms with Crippen LogP contribution in [-0.2, 0) is 19.2 Å². The zero-order valence-corrected chi connectivity index (χ0v) is 18.0. The number of hydrogen-bond acceptors (Lipinski definition) is 6. The van der Waals surface area contributed by atoms with Crippen molar-refractivity contribution in [2.45, 2.75) is 78.0 Å². The monoisotopic (exact) mass is 415 g/mol. The first-order chi connectivity index (χ1) is 13.4. The van der Waals surface area contributed by atoms with Crippen LogP contribution in [0.5, 0.6) is 0 Å². The van der Waals surface area contributed by atoms with Crippen LogP contribution in [0.4, 0.5) is 0 Å². The molecule has 10 nitrogen and oxygen atoms in total. The number of unbranched alkanes of at least 4 members (excludes halogenated alkanes) is 1. The summed E-state index contributed by atoms with van der Waals surface area (Å²) in [7, 11) is 0. The van der Waals surface area contributed by atoms with E-state index in [1.54, 1.807) is 27.7 Å². The maximum absolute atomic E-state index is 12.6. The Hall–Kier alpha value is -2.20. The van der Waals surface area contributed by atoms with Gasteiger partial charge in [0.15, 0.2) is 0 Å². The molecule has 0 heterocycles. The molecule has 168 valence electrons. The van der Waals surface area contributed by atoms with Gasteiger partial charge in [-0.15, -0.1) is 0 Å². The first kappa shape index (κ1) is 26.8. The Morgan fingerprint density at radius 1 is 0.828 bits per heavy atom. The van der Waals surface area contributed by atoms with Gasteiger partial charge in [-0.2, -0.15) is 0 Å². The van der Waals surface area contributed by atoms with Crippen molar-refractivity contribution in [3.63, 3.8) is 0 Å². The number of carbonyl (C=O) groups excluding carboxylic acids is 3. The second kappa shape index (κ2) is 13.1. The molecule has 0 rings (SSSR count). The highest BCUT2D eigenvalue weighted by Crippen LogP contribution is 2.06. The van der Waals surface area contributed by atoms with Crippen molar-refractivity contribution in [2.24, 2.45) is 23.3 Å². The third-order valence-electron chi connectivity index (χ3n) is 4.58. The van der Waals surface area contributed by atoms with Gasteiger partial charge in [0.2, 0.25) is 17.7 Å². The van der Waals surface area contributed by atoms with Crippen LogP contribution in [0, 0.1) is 11.8 Å². The predicted molar refractivity (Wildman–Crippen MR) is 110 cm³/mol. The molecule has 0 saturated heterocycles. The topological polar surface area (TPSA) is 177 Å². The molecule has 29 heavy (non-hydrogen) atoms. The van der Waals surface area contributed by atoms with Crippen molar-refractivity contribution >= 4 is 23.7 Å². The van der Waals surface area contributed by atoms with Gasteiger partial charge < -0.3 is 32.5 Å². The highest BCUT2D eigenvalue weighted by Gasteiger charge is 2.29. The molecule has 0 bridgehead atoms. The predicted octanol–water partition coefficient (Wildman–Crippen LogP) is -0.686. The maximum Gasteiger partial charge on any atom is 0.326 e. The van der Waals surface area contributed by atoms with E-state index in [0.717, 1.165) is 0 Å². The molecule has 10 heteroatoms. The molecule has 0 saturated carbocycles. The van der Waals surface area contributed by atoms with Gasteiger partial charge >= 0.3 is 5.97 Å². The van der Waals surface area contributed by atoms with Crippen LogP contribution >= 0.6 is 0 Å². The molecule has 0 radical (unpaired) electrons. The second-order valence-corrected chi connectivity index (χ2v) is 7.91. The number of nitrogens with one attached hydrogen (secondary N) is 3. The quantitative estimate of drug-likeness (QED) is 0.216. The molecule has 0 aromatic rings. The van der Waals surface area contributed by atoms with E-state index in [1.165, 1.54) is 6.92 Å². The van der Waals surface area contributed by atoms with E-state index in [9.17, 15) is 24.3 Å². The first-order valence-corrected chi connectivity index (χ1v) is 10.0. The zero-order chi connectivity index (χ0) is 22.7. The number of aliphatic carboxylic acids is 1. The standard InChI is InChI=1S/C19H37N5O5/c1-10(2)14(21)18(27)23-13(8-6-7-9-20)17(26)22-12(5)16(25)24-15(11(3)4)19(28)29/h10-15H,6-9,20-21H2,1-5H3,(H,22,26)(H,23,27)(H,24,25)(H,28,29). The van der Waals surface area contributed by atoms with Gasteiger partial charge in [-0.3, -0.25) is 14.4 Å². The summed E-state index contributed by atoms with van der Waals surface area (Å²) in [6.45, 7) is 8.84. The fourth-order valence-electron chi connectivity index (χ4n) is 2.50. The van der Waals surface area contributed by atoms with E-state index < -0.39 is 47.9 Å². The minimum absolute atomic E-state index is 0.101. The molecule has 0 aliphatic heterocycles. The normalized spacial score (nSPS) is 15.3. The Labute approximate surface area is 172 Å². The van der Waals surface area contributed by atoms with Crippen molar-refractivity contribution < 1.29 is 24.3 Å². The molecule has 0 aromatic carbocycles. The van der Waals surface area contributed by atoms with Crippen molar-refractivity contribution in [2.75, 3.05) is 6.54 Å². The summed E-state index contributed by atoms with van der Waals surface area (Å²) >= 11 is 0. The Balaban J connectivity index is 5.06. The van der Waals surface area contributed by atoms with E-state index in [-0.39, 0.29) is 11.8 Å². The van der Waals surface area contributed by atoms with Crippen LogP contribution in [0.3, 0.4) is 0 Å². The van der Waals surface area contributed by atoms with Crippen LogP contribution in [0.2, 0.25) is 0 Å². The highest BCUT2D eigenvalue weighted by molar-refractivity contribution is 5.93. The molecule has 4 unspecified atom stereocenters. The van der Waals surface area contributed by atoms with Gasteiger partial charge in [0.25, 0.3) is 0 Å². The number of carboxylic acid groups (broad SMARTS) is 1. The Morgan fingerprint density at radius 2 is 1.41 bits per heavy atom. The smallest absolute Gasteiger partial charge is 0.326 e. The lowest BCUT2D eigenvalue weighted by Gasteiger charge is -2.25. The summed E-state index contributed by atoms with van der Waals surface area (Å²) in [5.41, 5.74) is 11.3. The van der Waals surface area contributed by atoms with E-state index >= 15 is 0 Å². The van der Waals surface area contributed by atoms with Crippen molar-refractivity contribution in [1.29, 1.82) is 0 Å². The molecule has 0 aliphatic rings. The van der Waals surface area contributed by atoms with Gasteiger partial charge in [0, 0.05) is 0 Å². The van der Waals surface area contributed by atoms with Gasteiger partial charge in [0.1, 0.15) is 18.1 Å². The van der Waals surface area contributed by atoms with Gasteiger partial charge in [-0.1, -0.05) is 27.7 Å². The summed E-state index contributed by atoms with van der Waals surface area (Å²) < 4.78 is 0. The fraction of sp³-hybridized carbons (Fsp3) is 0.789. The number of carbonyl (C=O) groups is 4. The fourth-order valence-corrected chi connectivity index (χ4v) is 2.50. The highest BCUT2D eigenvalue weighted by atomic mass is 16.4. The lowest BCUT2D eigenvalue weighted by molar-refractivity contribution is -0.143. The summed E-state index contributed by atoms with van der Waals surface area (Å²) in [4.78, 5) is 48.4. The SMILES string of the molecule is CC(NC(=O)C(CCCCN)NC(=O)C(N)C(C)C)C(=O)NC(C(=O)O)C(C)C. The van der Waals surface area contributed by atoms with Crippen LogP contribution in [0.1, 0.15) is 53.9 Å².